The first-order chi connectivity index (χ1) is 11.9. The topological polar surface area (TPSA) is 96.0 Å². The predicted molar refractivity (Wildman–Crippen MR) is 93.0 cm³/mol. The van der Waals surface area contributed by atoms with E-state index in [4.69, 9.17) is 9.15 Å². The molecule has 1 heterocycles. The number of oxazole rings is 1. The number of nitrogens with zero attached hydrogens (tertiary/aromatic N) is 1. The van der Waals surface area contributed by atoms with Crippen molar-refractivity contribution in [1.29, 1.82) is 0 Å². The first-order valence-corrected chi connectivity index (χ1v) is 7.79. The van der Waals surface area contributed by atoms with Crippen LogP contribution in [0.5, 0.6) is 23.0 Å². The van der Waals surface area contributed by atoms with Gasteiger partial charge < -0.3 is 24.5 Å². The van der Waals surface area contributed by atoms with Crippen molar-refractivity contribution in [2.75, 3.05) is 7.11 Å². The molecule has 0 atom stereocenters. The molecule has 6 heteroatoms. The molecule has 0 radical (unpaired) electrons. The number of phenolic OH excluding ortho intramolecular Hbond substituents is 3. The molecular formula is C19H19NO5. The van der Waals surface area contributed by atoms with Crippen molar-refractivity contribution in [2.45, 2.75) is 19.8 Å². The summed E-state index contributed by atoms with van der Waals surface area (Å²) in [4.78, 5) is 4.20. The molecule has 1 aromatic heterocycles. The highest BCUT2D eigenvalue weighted by atomic mass is 16.5. The second-order valence-electron chi connectivity index (χ2n) is 6.00. The Kier molecular flexibility index (Phi) is 4.27. The van der Waals surface area contributed by atoms with E-state index in [2.05, 4.69) is 4.98 Å². The van der Waals surface area contributed by atoms with Crippen LogP contribution < -0.4 is 4.74 Å². The maximum absolute atomic E-state index is 10.3. The van der Waals surface area contributed by atoms with Crippen molar-refractivity contribution in [1.82, 2.24) is 4.98 Å². The molecule has 2 aromatic carbocycles. The standard InChI is InChI=1S/C19H19NO5/c1-10(2)12-7-13(15(22)8-14(12)21)18-19(25-9-20-18)11-4-5-17(24-3)16(23)6-11/h4-10,21-23H,1-3H3. The Hall–Kier alpha value is -3.15. The Bertz CT molecular complexity index is 914. The first kappa shape index (κ1) is 16.7. The monoisotopic (exact) mass is 341 g/mol. The molecule has 3 aromatic rings. The van der Waals surface area contributed by atoms with E-state index < -0.39 is 0 Å². The summed E-state index contributed by atoms with van der Waals surface area (Å²) >= 11 is 0. The summed E-state index contributed by atoms with van der Waals surface area (Å²) in [7, 11) is 1.47. The highest BCUT2D eigenvalue weighted by molar-refractivity contribution is 5.81. The Balaban J connectivity index is 2.14. The molecule has 0 fully saturated rings. The van der Waals surface area contributed by atoms with Crippen LogP contribution in [0.25, 0.3) is 22.6 Å². The lowest BCUT2D eigenvalue weighted by Gasteiger charge is -2.12. The number of hydrogen-bond acceptors (Lipinski definition) is 6. The lowest BCUT2D eigenvalue weighted by atomic mass is 9.96. The molecule has 0 saturated carbocycles. The molecule has 3 N–H and O–H groups in total. The summed E-state index contributed by atoms with van der Waals surface area (Å²) in [5, 5.41) is 30.3. The number of methoxy groups -OCH3 is 1. The van der Waals surface area contributed by atoms with Gasteiger partial charge >= 0.3 is 0 Å². The summed E-state index contributed by atoms with van der Waals surface area (Å²) in [5.74, 6) is 0.714. The zero-order chi connectivity index (χ0) is 18.1. The van der Waals surface area contributed by atoms with Crippen molar-refractivity contribution in [3.63, 3.8) is 0 Å². The fraction of sp³-hybridized carbons (Fsp3) is 0.211. The quantitative estimate of drug-likeness (QED) is 0.656. The Labute approximate surface area is 145 Å². The van der Waals surface area contributed by atoms with E-state index >= 15 is 0 Å². The molecule has 0 bridgehead atoms. The average Bonchev–Trinajstić information content (AvgIpc) is 3.03. The minimum absolute atomic E-state index is 0.0276. The number of hydrogen-bond donors (Lipinski definition) is 3. The molecule has 130 valence electrons. The van der Waals surface area contributed by atoms with E-state index in [1.54, 1.807) is 18.2 Å². The summed E-state index contributed by atoms with van der Waals surface area (Å²) in [6.07, 6.45) is 1.27. The summed E-state index contributed by atoms with van der Waals surface area (Å²) in [6.45, 7) is 3.89. The van der Waals surface area contributed by atoms with Gasteiger partial charge in [-0.2, -0.15) is 0 Å². The summed E-state index contributed by atoms with van der Waals surface area (Å²) < 4.78 is 10.5. The molecule has 0 unspecified atom stereocenters. The van der Waals surface area contributed by atoms with Crippen molar-refractivity contribution in [3.05, 3.63) is 42.3 Å². The van der Waals surface area contributed by atoms with Gasteiger partial charge in [-0.25, -0.2) is 4.98 Å². The lowest BCUT2D eigenvalue weighted by molar-refractivity contribution is 0.373. The molecule has 0 saturated heterocycles. The highest BCUT2D eigenvalue weighted by Crippen LogP contribution is 2.42. The maximum Gasteiger partial charge on any atom is 0.182 e. The third-order valence-electron chi connectivity index (χ3n) is 4.03. The number of aromatic hydroxyl groups is 3. The molecule has 0 amide bonds. The van der Waals surface area contributed by atoms with Crippen LogP contribution in [0.3, 0.4) is 0 Å². The Morgan fingerprint density at radius 1 is 1.00 bits per heavy atom. The van der Waals surface area contributed by atoms with E-state index in [1.165, 1.54) is 25.6 Å². The van der Waals surface area contributed by atoms with Crippen LogP contribution in [0, 0.1) is 0 Å². The van der Waals surface area contributed by atoms with Gasteiger partial charge in [-0.1, -0.05) is 13.8 Å². The van der Waals surface area contributed by atoms with Crippen molar-refractivity contribution in [3.8, 4) is 45.6 Å². The zero-order valence-corrected chi connectivity index (χ0v) is 14.1. The normalized spacial score (nSPS) is 11.0. The van der Waals surface area contributed by atoms with Crippen LogP contribution >= 0.6 is 0 Å². The smallest absolute Gasteiger partial charge is 0.182 e. The van der Waals surface area contributed by atoms with E-state index in [0.29, 0.717) is 33.9 Å². The molecular weight excluding hydrogens is 322 g/mol. The van der Waals surface area contributed by atoms with Crippen LogP contribution in [0.15, 0.2) is 41.1 Å². The minimum Gasteiger partial charge on any atom is -0.508 e. The molecule has 3 rings (SSSR count). The van der Waals surface area contributed by atoms with Gasteiger partial charge in [-0.05, 0) is 35.7 Å². The second-order valence-corrected chi connectivity index (χ2v) is 6.00. The SMILES string of the molecule is COc1ccc(-c2ocnc2-c2cc(C(C)C)c(O)cc2O)cc1O. The number of ether oxygens (including phenoxy) is 1. The molecule has 25 heavy (non-hydrogen) atoms. The fourth-order valence-electron chi connectivity index (χ4n) is 2.72. The first-order valence-electron chi connectivity index (χ1n) is 7.79. The van der Waals surface area contributed by atoms with Crippen LogP contribution in [0.1, 0.15) is 25.3 Å². The van der Waals surface area contributed by atoms with Gasteiger partial charge in [-0.15, -0.1) is 0 Å². The molecule has 0 aliphatic heterocycles. The zero-order valence-electron chi connectivity index (χ0n) is 14.1. The van der Waals surface area contributed by atoms with Crippen molar-refractivity contribution < 1.29 is 24.5 Å². The van der Waals surface area contributed by atoms with E-state index in [0.717, 1.165) is 0 Å². The third-order valence-corrected chi connectivity index (χ3v) is 4.03. The summed E-state index contributed by atoms with van der Waals surface area (Å²) in [6, 6.07) is 7.84. The van der Waals surface area contributed by atoms with Crippen LogP contribution in [0.4, 0.5) is 0 Å². The van der Waals surface area contributed by atoms with Crippen LogP contribution in [-0.2, 0) is 0 Å². The van der Waals surface area contributed by atoms with E-state index in [9.17, 15) is 15.3 Å². The largest absolute Gasteiger partial charge is 0.508 e. The Morgan fingerprint density at radius 2 is 1.76 bits per heavy atom. The van der Waals surface area contributed by atoms with Gasteiger partial charge in [0.2, 0.25) is 0 Å². The van der Waals surface area contributed by atoms with Gasteiger partial charge in [-0.3, -0.25) is 0 Å². The Morgan fingerprint density at radius 3 is 2.40 bits per heavy atom. The van der Waals surface area contributed by atoms with Crippen LogP contribution in [-0.4, -0.2) is 27.4 Å². The van der Waals surface area contributed by atoms with Gasteiger partial charge in [0.25, 0.3) is 0 Å². The minimum atomic E-state index is -0.102. The fourth-order valence-corrected chi connectivity index (χ4v) is 2.72. The highest BCUT2D eigenvalue weighted by Gasteiger charge is 2.20. The van der Waals surface area contributed by atoms with E-state index in [-0.39, 0.29) is 23.2 Å². The van der Waals surface area contributed by atoms with E-state index in [1.807, 2.05) is 13.8 Å². The molecule has 0 spiro atoms. The number of benzene rings is 2. The number of aromatic nitrogens is 1. The third kappa shape index (κ3) is 2.98. The van der Waals surface area contributed by atoms with Crippen molar-refractivity contribution in [2.24, 2.45) is 0 Å². The van der Waals surface area contributed by atoms with Crippen LogP contribution in [0.2, 0.25) is 0 Å². The molecule has 0 aliphatic carbocycles. The predicted octanol–water partition coefficient (Wildman–Crippen LogP) is 4.26. The lowest BCUT2D eigenvalue weighted by Crippen LogP contribution is -1.92. The average molecular weight is 341 g/mol. The van der Waals surface area contributed by atoms with Gasteiger partial charge in [0.1, 0.15) is 17.2 Å². The van der Waals surface area contributed by atoms with Gasteiger partial charge in [0.05, 0.1) is 7.11 Å². The number of rotatable bonds is 4. The maximum atomic E-state index is 10.3. The second kappa shape index (κ2) is 6.39. The summed E-state index contributed by atoms with van der Waals surface area (Å²) in [5.41, 5.74) is 2.15. The molecule has 6 nitrogen and oxygen atoms in total. The van der Waals surface area contributed by atoms with Gasteiger partial charge in [0, 0.05) is 17.2 Å². The number of phenols is 3. The van der Waals surface area contributed by atoms with Gasteiger partial charge in [0.15, 0.2) is 23.7 Å². The molecule has 0 aliphatic rings. The van der Waals surface area contributed by atoms with Crippen molar-refractivity contribution >= 4 is 0 Å².